The molecule has 3 saturated heterocycles. The molecule has 3 amide bonds. The number of fused-ring (bicyclic) bond motifs is 2. The van der Waals surface area contributed by atoms with Crippen LogP contribution in [0.4, 0.5) is 0 Å². The maximum atomic E-state index is 14.6. The highest BCUT2D eigenvalue weighted by Crippen LogP contribution is 2.55. The molecule has 1 aromatic carbocycles. The SMILES string of the molecule is CCCN1CC=C[C@H]2O[C@]34C=CCN(CCN5CCOCC5)C(=O)C3N([C@H](CO)c3ccccc3)C(=O)[C@@H]4[C@H]2C1=O. The number of hydrogen-bond donors (Lipinski definition) is 1. The van der Waals surface area contributed by atoms with E-state index in [0.29, 0.717) is 45.9 Å². The maximum absolute atomic E-state index is 14.6. The number of carbonyl (C=O) groups is 3. The van der Waals surface area contributed by atoms with Gasteiger partial charge in [-0.2, -0.15) is 0 Å². The molecule has 1 N–H and O–H groups in total. The lowest BCUT2D eigenvalue weighted by atomic mass is 9.77. The van der Waals surface area contributed by atoms with Crippen LogP contribution in [0.1, 0.15) is 24.9 Å². The standard InChI is InChI=1S/C31H40N4O6/c1-2-12-33-13-6-10-24-25(28(33)37)26-29(38)35(23(21-36)22-8-4-3-5-9-22)27-30(39)34(14-7-11-31(26,27)41-24)16-15-32-17-19-40-20-18-32/h3-11,23-27,36H,2,12-21H2,1H3/t23-,24-,25+,26+,27?,31+/m1/s1. The van der Waals surface area contributed by atoms with E-state index in [1.54, 1.807) is 9.80 Å². The summed E-state index contributed by atoms with van der Waals surface area (Å²) in [4.78, 5) is 50.4. The number of nitrogens with zero attached hydrogens (tertiary/aromatic N) is 4. The molecule has 1 aromatic rings. The van der Waals surface area contributed by atoms with Crippen LogP contribution in [0.15, 0.2) is 54.6 Å². The van der Waals surface area contributed by atoms with Gasteiger partial charge in [-0.25, -0.2) is 0 Å². The topological polar surface area (TPSA) is 103 Å². The molecule has 41 heavy (non-hydrogen) atoms. The van der Waals surface area contributed by atoms with E-state index in [4.69, 9.17) is 9.47 Å². The van der Waals surface area contributed by atoms with Gasteiger partial charge in [-0.15, -0.1) is 0 Å². The minimum atomic E-state index is -1.31. The Morgan fingerprint density at radius 3 is 2.41 bits per heavy atom. The fraction of sp³-hybridized carbons (Fsp3) is 0.581. The predicted molar refractivity (Wildman–Crippen MR) is 150 cm³/mol. The quantitative estimate of drug-likeness (QED) is 0.467. The van der Waals surface area contributed by atoms with Crippen molar-refractivity contribution >= 4 is 17.7 Å². The lowest BCUT2D eigenvalue weighted by Gasteiger charge is -2.39. The average molecular weight is 565 g/mol. The summed E-state index contributed by atoms with van der Waals surface area (Å²) < 4.78 is 12.2. The first kappa shape index (κ1) is 28.1. The molecule has 0 bridgehead atoms. The van der Waals surface area contributed by atoms with Crippen molar-refractivity contribution in [3.63, 3.8) is 0 Å². The minimum Gasteiger partial charge on any atom is -0.394 e. The van der Waals surface area contributed by atoms with Gasteiger partial charge in [0.15, 0.2) is 0 Å². The average Bonchev–Trinajstić information content (AvgIpc) is 3.32. The molecule has 0 radical (unpaired) electrons. The van der Waals surface area contributed by atoms with Gasteiger partial charge < -0.3 is 29.3 Å². The summed E-state index contributed by atoms with van der Waals surface area (Å²) in [5.74, 6) is -2.27. The van der Waals surface area contributed by atoms with Crippen molar-refractivity contribution in [3.8, 4) is 0 Å². The second kappa shape index (κ2) is 11.7. The van der Waals surface area contributed by atoms with Gasteiger partial charge in [0, 0.05) is 45.8 Å². The van der Waals surface area contributed by atoms with Gasteiger partial charge in [-0.1, -0.05) is 61.6 Å². The first-order chi connectivity index (χ1) is 20.0. The monoisotopic (exact) mass is 564 g/mol. The van der Waals surface area contributed by atoms with Gasteiger partial charge in [-0.3, -0.25) is 19.3 Å². The molecule has 3 fully saturated rings. The van der Waals surface area contributed by atoms with Crippen molar-refractivity contribution in [2.24, 2.45) is 11.8 Å². The number of likely N-dealkylation sites (tertiary alicyclic amines) is 1. The molecule has 5 aliphatic rings. The Hall–Kier alpha value is -3.05. The van der Waals surface area contributed by atoms with E-state index in [-0.39, 0.29) is 24.3 Å². The van der Waals surface area contributed by atoms with Crippen molar-refractivity contribution in [1.29, 1.82) is 0 Å². The van der Waals surface area contributed by atoms with E-state index in [1.807, 2.05) is 61.6 Å². The maximum Gasteiger partial charge on any atom is 0.249 e. The highest BCUT2D eigenvalue weighted by Gasteiger charge is 2.72. The molecule has 6 rings (SSSR count). The van der Waals surface area contributed by atoms with E-state index in [9.17, 15) is 19.5 Å². The number of amides is 3. The van der Waals surface area contributed by atoms with Crippen molar-refractivity contribution in [2.45, 2.75) is 37.1 Å². The Morgan fingerprint density at radius 2 is 1.68 bits per heavy atom. The zero-order valence-corrected chi connectivity index (χ0v) is 23.6. The van der Waals surface area contributed by atoms with Gasteiger partial charge >= 0.3 is 0 Å². The van der Waals surface area contributed by atoms with Gasteiger partial charge in [0.1, 0.15) is 11.6 Å². The van der Waals surface area contributed by atoms with Crippen LogP contribution in [-0.2, 0) is 23.9 Å². The number of rotatable bonds is 8. The van der Waals surface area contributed by atoms with E-state index >= 15 is 0 Å². The lowest BCUT2D eigenvalue weighted by Crippen LogP contribution is -2.57. The molecule has 1 unspecified atom stereocenters. The van der Waals surface area contributed by atoms with Gasteiger partial charge in [-0.05, 0) is 12.0 Å². The minimum absolute atomic E-state index is 0.118. The first-order valence-electron chi connectivity index (χ1n) is 14.9. The lowest BCUT2D eigenvalue weighted by molar-refractivity contribution is -0.151. The third-order valence-corrected chi connectivity index (χ3v) is 9.24. The third kappa shape index (κ3) is 4.80. The summed E-state index contributed by atoms with van der Waals surface area (Å²) in [6.45, 7) is 7.26. The van der Waals surface area contributed by atoms with Crippen LogP contribution < -0.4 is 0 Å². The van der Waals surface area contributed by atoms with Crippen LogP contribution in [0, 0.1) is 11.8 Å². The molecule has 5 heterocycles. The highest BCUT2D eigenvalue weighted by molar-refractivity contribution is 6.00. The summed E-state index contributed by atoms with van der Waals surface area (Å²) in [6.07, 6.45) is 7.80. The Bertz CT molecular complexity index is 1200. The summed E-state index contributed by atoms with van der Waals surface area (Å²) in [5.41, 5.74) is -0.579. The summed E-state index contributed by atoms with van der Waals surface area (Å²) in [6, 6.07) is 7.54. The van der Waals surface area contributed by atoms with Crippen LogP contribution in [0.25, 0.3) is 0 Å². The van der Waals surface area contributed by atoms with E-state index in [1.165, 1.54) is 4.90 Å². The smallest absolute Gasteiger partial charge is 0.249 e. The molecule has 6 atom stereocenters. The molecular weight excluding hydrogens is 524 g/mol. The number of morpholine rings is 1. The van der Waals surface area contributed by atoms with Gasteiger partial charge in [0.2, 0.25) is 17.7 Å². The summed E-state index contributed by atoms with van der Waals surface area (Å²) >= 11 is 0. The first-order valence-corrected chi connectivity index (χ1v) is 14.9. The zero-order valence-electron chi connectivity index (χ0n) is 23.6. The normalized spacial score (nSPS) is 32.5. The number of aliphatic hydroxyl groups excluding tert-OH is 1. The van der Waals surface area contributed by atoms with Crippen LogP contribution in [0.3, 0.4) is 0 Å². The molecule has 0 saturated carbocycles. The summed E-state index contributed by atoms with van der Waals surface area (Å²) in [5, 5.41) is 10.7. The number of ether oxygens (including phenoxy) is 2. The zero-order chi connectivity index (χ0) is 28.6. The van der Waals surface area contributed by atoms with Crippen LogP contribution in [0.5, 0.6) is 0 Å². The number of benzene rings is 1. The fourth-order valence-electron chi connectivity index (χ4n) is 7.30. The molecule has 10 heteroatoms. The predicted octanol–water partition coefficient (Wildman–Crippen LogP) is 0.840. The molecule has 0 aromatic heterocycles. The van der Waals surface area contributed by atoms with E-state index < -0.39 is 35.6 Å². The van der Waals surface area contributed by atoms with E-state index in [2.05, 4.69) is 4.90 Å². The molecule has 10 nitrogen and oxygen atoms in total. The third-order valence-electron chi connectivity index (χ3n) is 9.24. The molecule has 0 aliphatic carbocycles. The number of hydrogen-bond acceptors (Lipinski definition) is 7. The van der Waals surface area contributed by atoms with Crippen molar-refractivity contribution < 1.29 is 29.0 Å². The summed E-state index contributed by atoms with van der Waals surface area (Å²) in [7, 11) is 0. The fourth-order valence-corrected chi connectivity index (χ4v) is 7.30. The second-order valence-electron chi connectivity index (χ2n) is 11.5. The highest BCUT2D eigenvalue weighted by atomic mass is 16.5. The molecular formula is C31H40N4O6. The second-order valence-corrected chi connectivity index (χ2v) is 11.5. The van der Waals surface area contributed by atoms with Crippen LogP contribution >= 0.6 is 0 Å². The Labute approximate surface area is 241 Å². The Morgan fingerprint density at radius 1 is 0.951 bits per heavy atom. The van der Waals surface area contributed by atoms with Crippen molar-refractivity contribution in [2.75, 3.05) is 65.6 Å². The van der Waals surface area contributed by atoms with Gasteiger partial charge in [0.25, 0.3) is 0 Å². The molecule has 220 valence electrons. The van der Waals surface area contributed by atoms with Crippen LogP contribution in [-0.4, -0.2) is 126 Å². The number of carbonyl (C=O) groups excluding carboxylic acids is 3. The van der Waals surface area contributed by atoms with E-state index in [0.717, 1.165) is 25.1 Å². The molecule has 5 aliphatic heterocycles. The van der Waals surface area contributed by atoms with Gasteiger partial charge in [0.05, 0.1) is 43.8 Å². The molecule has 1 spiro atoms. The van der Waals surface area contributed by atoms with Crippen LogP contribution in [0.2, 0.25) is 0 Å². The largest absolute Gasteiger partial charge is 0.394 e. The Kier molecular flexibility index (Phi) is 8.00. The number of aliphatic hydroxyl groups is 1. The van der Waals surface area contributed by atoms with Crippen molar-refractivity contribution in [3.05, 3.63) is 60.2 Å². The van der Waals surface area contributed by atoms with Crippen molar-refractivity contribution in [1.82, 2.24) is 19.6 Å². The Balaban J connectivity index is 1.40.